The van der Waals surface area contributed by atoms with Crippen molar-refractivity contribution in [2.45, 2.75) is 0 Å². The minimum absolute atomic E-state index is 0.250. The number of pyridine rings is 1. The number of halogens is 1. The van der Waals surface area contributed by atoms with Gasteiger partial charge in [0.25, 0.3) is 0 Å². The van der Waals surface area contributed by atoms with Crippen LogP contribution in [0.2, 0.25) is 0 Å². The molecular formula is C20H14FN3. The summed E-state index contributed by atoms with van der Waals surface area (Å²) in [5.41, 5.74) is 4.83. The smallest absolute Gasteiger partial charge is 0.123 e. The summed E-state index contributed by atoms with van der Waals surface area (Å²) in [4.78, 5) is 4.01. The van der Waals surface area contributed by atoms with Gasteiger partial charge in [-0.05, 0) is 59.7 Å². The summed E-state index contributed by atoms with van der Waals surface area (Å²) in [5.74, 6) is -0.250. The van der Waals surface area contributed by atoms with Crippen LogP contribution < -0.4 is 0 Å². The summed E-state index contributed by atoms with van der Waals surface area (Å²) in [6.07, 6.45) is 7.63. The number of rotatable bonds is 3. The van der Waals surface area contributed by atoms with Crippen molar-refractivity contribution in [3.8, 4) is 11.3 Å². The molecule has 116 valence electrons. The predicted octanol–water partition coefficient (Wildman–Crippen LogP) is 4.93. The Morgan fingerprint density at radius 3 is 2.38 bits per heavy atom. The van der Waals surface area contributed by atoms with Crippen LogP contribution in [0.1, 0.15) is 11.1 Å². The minimum atomic E-state index is -0.250. The minimum Gasteiger partial charge on any atom is -0.277 e. The van der Waals surface area contributed by atoms with E-state index in [1.165, 1.54) is 12.1 Å². The highest BCUT2D eigenvalue weighted by Gasteiger charge is 2.08. The molecule has 0 fully saturated rings. The molecule has 4 rings (SSSR count). The maximum absolute atomic E-state index is 13.1. The Bertz CT molecular complexity index is 1000. The number of benzene rings is 2. The molecule has 24 heavy (non-hydrogen) atoms. The fourth-order valence-electron chi connectivity index (χ4n) is 2.63. The van der Waals surface area contributed by atoms with Crippen molar-refractivity contribution >= 4 is 23.1 Å². The van der Waals surface area contributed by atoms with Gasteiger partial charge in [0.05, 0.1) is 11.2 Å². The molecule has 0 atom stereocenters. The Balaban J connectivity index is 1.73. The molecular weight excluding hydrogens is 301 g/mol. The number of H-pyrrole nitrogens is 1. The van der Waals surface area contributed by atoms with Gasteiger partial charge in [-0.25, -0.2) is 4.39 Å². The van der Waals surface area contributed by atoms with Gasteiger partial charge < -0.3 is 0 Å². The summed E-state index contributed by atoms with van der Waals surface area (Å²) in [6, 6.07) is 16.4. The van der Waals surface area contributed by atoms with E-state index in [9.17, 15) is 4.39 Å². The van der Waals surface area contributed by atoms with Gasteiger partial charge in [0, 0.05) is 23.3 Å². The van der Waals surface area contributed by atoms with Gasteiger partial charge in [-0.1, -0.05) is 18.2 Å². The maximum Gasteiger partial charge on any atom is 0.123 e. The van der Waals surface area contributed by atoms with Crippen molar-refractivity contribution in [3.05, 3.63) is 83.9 Å². The molecule has 0 saturated carbocycles. The van der Waals surface area contributed by atoms with Crippen molar-refractivity contribution in [2.24, 2.45) is 0 Å². The monoisotopic (exact) mass is 315 g/mol. The van der Waals surface area contributed by atoms with Gasteiger partial charge in [0.1, 0.15) is 5.82 Å². The molecule has 1 N–H and O–H groups in total. The highest BCUT2D eigenvalue weighted by molar-refractivity contribution is 5.94. The van der Waals surface area contributed by atoms with Crippen LogP contribution in [-0.2, 0) is 0 Å². The Morgan fingerprint density at radius 2 is 1.58 bits per heavy atom. The van der Waals surface area contributed by atoms with E-state index in [2.05, 4.69) is 27.3 Å². The molecule has 2 aromatic heterocycles. The lowest BCUT2D eigenvalue weighted by Crippen LogP contribution is -1.80. The third-order valence-corrected chi connectivity index (χ3v) is 3.88. The van der Waals surface area contributed by atoms with Crippen molar-refractivity contribution in [1.29, 1.82) is 0 Å². The van der Waals surface area contributed by atoms with E-state index in [-0.39, 0.29) is 5.82 Å². The van der Waals surface area contributed by atoms with Gasteiger partial charge in [-0.3, -0.25) is 10.1 Å². The molecule has 0 aliphatic rings. The normalized spacial score (nSPS) is 11.4. The molecule has 0 aliphatic heterocycles. The molecule has 0 bridgehead atoms. The lowest BCUT2D eigenvalue weighted by atomic mass is 10.0. The first-order valence-corrected chi connectivity index (χ1v) is 7.62. The van der Waals surface area contributed by atoms with Crippen molar-refractivity contribution < 1.29 is 4.39 Å². The number of nitrogens with one attached hydrogen (secondary N) is 1. The van der Waals surface area contributed by atoms with Gasteiger partial charge in [-0.2, -0.15) is 5.10 Å². The maximum atomic E-state index is 13.1. The zero-order valence-corrected chi connectivity index (χ0v) is 12.8. The van der Waals surface area contributed by atoms with E-state index in [0.717, 1.165) is 33.3 Å². The van der Waals surface area contributed by atoms with Crippen molar-refractivity contribution in [3.63, 3.8) is 0 Å². The second-order valence-electron chi connectivity index (χ2n) is 5.50. The van der Waals surface area contributed by atoms with Crippen molar-refractivity contribution in [2.75, 3.05) is 0 Å². The summed E-state index contributed by atoms with van der Waals surface area (Å²) < 4.78 is 13.1. The number of aromatic nitrogens is 3. The highest BCUT2D eigenvalue weighted by Crippen LogP contribution is 2.27. The van der Waals surface area contributed by atoms with Crippen LogP contribution in [0.4, 0.5) is 4.39 Å². The van der Waals surface area contributed by atoms with E-state index in [0.29, 0.717) is 0 Å². The van der Waals surface area contributed by atoms with Crippen LogP contribution >= 0.6 is 0 Å². The van der Waals surface area contributed by atoms with Crippen LogP contribution in [0.3, 0.4) is 0 Å². The molecule has 0 radical (unpaired) electrons. The molecule has 2 heterocycles. The fourth-order valence-corrected chi connectivity index (χ4v) is 2.63. The predicted molar refractivity (Wildman–Crippen MR) is 94.7 cm³/mol. The van der Waals surface area contributed by atoms with E-state index < -0.39 is 0 Å². The largest absolute Gasteiger partial charge is 0.277 e. The first-order valence-electron chi connectivity index (χ1n) is 7.62. The number of nitrogens with zero attached hydrogens (tertiary/aromatic N) is 2. The molecule has 2 aromatic carbocycles. The first kappa shape index (κ1) is 14.3. The Kier molecular flexibility index (Phi) is 3.63. The van der Waals surface area contributed by atoms with Crippen LogP contribution in [0.25, 0.3) is 34.3 Å². The van der Waals surface area contributed by atoms with Gasteiger partial charge >= 0.3 is 0 Å². The summed E-state index contributed by atoms with van der Waals surface area (Å²) >= 11 is 0. The second kappa shape index (κ2) is 6.08. The molecule has 4 aromatic rings. The van der Waals surface area contributed by atoms with E-state index in [1.807, 2.05) is 30.3 Å². The Morgan fingerprint density at radius 1 is 0.833 bits per heavy atom. The third kappa shape index (κ3) is 2.82. The van der Waals surface area contributed by atoms with Crippen LogP contribution in [-0.4, -0.2) is 15.2 Å². The number of fused-ring (bicyclic) bond motifs is 1. The van der Waals surface area contributed by atoms with E-state index in [1.54, 1.807) is 24.5 Å². The topological polar surface area (TPSA) is 41.6 Å². The average molecular weight is 315 g/mol. The molecule has 4 heteroatoms. The first-order chi connectivity index (χ1) is 11.8. The standard InChI is InChI=1S/C20H14FN3/c21-17-6-4-16(5-7-17)20-18-13-15(3-8-19(18)23-24-20)2-1-14-9-11-22-12-10-14/h1-13H,(H,23,24). The summed E-state index contributed by atoms with van der Waals surface area (Å²) in [5, 5.41) is 8.41. The zero-order chi connectivity index (χ0) is 16.4. The Labute approximate surface area is 138 Å². The molecule has 0 saturated heterocycles. The highest BCUT2D eigenvalue weighted by atomic mass is 19.1. The second-order valence-corrected chi connectivity index (χ2v) is 5.50. The molecule has 0 spiro atoms. The quantitative estimate of drug-likeness (QED) is 0.582. The third-order valence-electron chi connectivity index (χ3n) is 3.88. The van der Waals surface area contributed by atoms with Crippen molar-refractivity contribution in [1.82, 2.24) is 15.2 Å². The lowest BCUT2D eigenvalue weighted by molar-refractivity contribution is 0.628. The molecule has 0 amide bonds. The lowest BCUT2D eigenvalue weighted by Gasteiger charge is -1.99. The zero-order valence-electron chi connectivity index (χ0n) is 12.8. The van der Waals surface area contributed by atoms with E-state index in [4.69, 9.17) is 0 Å². The summed E-state index contributed by atoms with van der Waals surface area (Å²) in [7, 11) is 0. The molecule has 3 nitrogen and oxygen atoms in total. The summed E-state index contributed by atoms with van der Waals surface area (Å²) in [6.45, 7) is 0. The van der Waals surface area contributed by atoms with Gasteiger partial charge in [0.2, 0.25) is 0 Å². The number of aromatic amines is 1. The molecule has 0 unspecified atom stereocenters. The average Bonchev–Trinajstić information content (AvgIpc) is 3.05. The van der Waals surface area contributed by atoms with Gasteiger partial charge in [-0.15, -0.1) is 0 Å². The SMILES string of the molecule is Fc1ccc(-c2n[nH]c3ccc(C=Cc4ccncc4)cc23)cc1. The number of hydrogen-bond donors (Lipinski definition) is 1. The Hall–Kier alpha value is -3.27. The number of hydrogen-bond acceptors (Lipinski definition) is 2. The van der Waals surface area contributed by atoms with Gasteiger partial charge in [0.15, 0.2) is 0 Å². The van der Waals surface area contributed by atoms with E-state index >= 15 is 0 Å². The molecule has 0 aliphatic carbocycles. The van der Waals surface area contributed by atoms with Crippen LogP contribution in [0.5, 0.6) is 0 Å². The van der Waals surface area contributed by atoms with Crippen LogP contribution in [0, 0.1) is 5.82 Å². The van der Waals surface area contributed by atoms with Crippen LogP contribution in [0.15, 0.2) is 67.0 Å². The fraction of sp³-hybridized carbons (Fsp3) is 0.